The van der Waals surface area contributed by atoms with Crippen LogP contribution in [0.3, 0.4) is 0 Å². The maximum atomic E-state index is 13.3. The van der Waals surface area contributed by atoms with Gasteiger partial charge in [0, 0.05) is 32.2 Å². The van der Waals surface area contributed by atoms with Gasteiger partial charge >= 0.3 is 0 Å². The number of benzene rings is 1. The summed E-state index contributed by atoms with van der Waals surface area (Å²) in [5.41, 5.74) is 1.54. The number of amides is 1. The summed E-state index contributed by atoms with van der Waals surface area (Å²) < 4.78 is 16.5. The van der Waals surface area contributed by atoms with Crippen LogP contribution in [0.25, 0.3) is 10.6 Å². The number of carbonyl (C=O) groups is 1. The average molecular weight is 446 g/mol. The monoisotopic (exact) mass is 445 g/mol. The number of nitrogens with zero attached hydrogens (tertiary/aromatic N) is 3. The van der Waals surface area contributed by atoms with Crippen LogP contribution in [-0.4, -0.2) is 74.2 Å². The minimum atomic E-state index is 0.0757. The Morgan fingerprint density at radius 2 is 1.68 bits per heavy atom. The normalized spacial score (nSPS) is 17.7. The van der Waals surface area contributed by atoms with Gasteiger partial charge < -0.3 is 19.1 Å². The number of thiazole rings is 1. The zero-order valence-corrected chi connectivity index (χ0v) is 19.6. The quantitative estimate of drug-likeness (QED) is 0.673. The smallest absolute Gasteiger partial charge is 0.265 e. The number of hydrogen-bond donors (Lipinski definition) is 0. The van der Waals surface area contributed by atoms with Crippen LogP contribution in [0.2, 0.25) is 0 Å². The maximum Gasteiger partial charge on any atom is 0.265 e. The van der Waals surface area contributed by atoms with Gasteiger partial charge in [-0.25, -0.2) is 4.98 Å². The van der Waals surface area contributed by atoms with Gasteiger partial charge in [-0.05, 0) is 31.9 Å². The molecule has 1 aliphatic carbocycles. The number of ether oxygens (including phenoxy) is 3. The number of hydrogen-bond acceptors (Lipinski definition) is 7. The van der Waals surface area contributed by atoms with Crippen molar-refractivity contribution in [2.24, 2.45) is 0 Å². The average Bonchev–Trinajstić information content (AvgIpc) is 3.47. The van der Waals surface area contributed by atoms with Crippen LogP contribution < -0.4 is 14.2 Å². The second-order valence-electron chi connectivity index (χ2n) is 8.08. The molecule has 1 aliphatic heterocycles. The van der Waals surface area contributed by atoms with E-state index in [0.717, 1.165) is 42.4 Å². The van der Waals surface area contributed by atoms with Crippen molar-refractivity contribution >= 4 is 17.2 Å². The van der Waals surface area contributed by atoms with Gasteiger partial charge in [0.25, 0.3) is 5.91 Å². The number of rotatable bonds is 6. The first-order chi connectivity index (χ1) is 15.1. The first-order valence-electron chi connectivity index (χ1n) is 10.9. The molecule has 168 valence electrons. The first-order valence-corrected chi connectivity index (χ1v) is 11.7. The predicted molar refractivity (Wildman–Crippen MR) is 122 cm³/mol. The summed E-state index contributed by atoms with van der Waals surface area (Å²) in [4.78, 5) is 23.2. The van der Waals surface area contributed by atoms with E-state index in [2.05, 4.69) is 4.90 Å². The van der Waals surface area contributed by atoms with Crippen LogP contribution in [0.5, 0.6) is 17.2 Å². The largest absolute Gasteiger partial charge is 0.493 e. The molecule has 7 nitrogen and oxygen atoms in total. The van der Waals surface area contributed by atoms with Crippen LogP contribution in [0.15, 0.2) is 12.1 Å². The minimum absolute atomic E-state index is 0.0757. The lowest BCUT2D eigenvalue weighted by Gasteiger charge is -2.37. The highest BCUT2D eigenvalue weighted by atomic mass is 32.1. The van der Waals surface area contributed by atoms with E-state index in [-0.39, 0.29) is 5.91 Å². The number of aromatic nitrogens is 1. The zero-order chi connectivity index (χ0) is 22.0. The molecule has 0 atom stereocenters. The van der Waals surface area contributed by atoms with E-state index in [4.69, 9.17) is 19.2 Å². The predicted octanol–water partition coefficient (Wildman–Crippen LogP) is 3.84. The summed E-state index contributed by atoms with van der Waals surface area (Å²) >= 11 is 1.41. The molecule has 2 aromatic rings. The Morgan fingerprint density at radius 1 is 1.00 bits per heavy atom. The van der Waals surface area contributed by atoms with E-state index in [1.54, 1.807) is 21.3 Å². The van der Waals surface area contributed by atoms with Gasteiger partial charge in [0.1, 0.15) is 9.88 Å². The highest BCUT2D eigenvalue weighted by Gasteiger charge is 2.30. The second kappa shape index (κ2) is 9.44. The fourth-order valence-corrected chi connectivity index (χ4v) is 5.74. The van der Waals surface area contributed by atoms with E-state index in [9.17, 15) is 4.79 Å². The Labute approximate surface area is 187 Å². The van der Waals surface area contributed by atoms with Crippen molar-refractivity contribution in [3.63, 3.8) is 0 Å². The lowest BCUT2D eigenvalue weighted by Crippen LogP contribution is -2.51. The van der Waals surface area contributed by atoms with Crippen molar-refractivity contribution in [1.82, 2.24) is 14.8 Å². The van der Waals surface area contributed by atoms with Gasteiger partial charge in [0.2, 0.25) is 5.75 Å². The molecule has 2 fully saturated rings. The van der Waals surface area contributed by atoms with Crippen LogP contribution in [0, 0.1) is 6.92 Å². The van der Waals surface area contributed by atoms with Gasteiger partial charge in [-0.2, -0.15) is 0 Å². The molecule has 0 spiro atoms. The minimum Gasteiger partial charge on any atom is -0.493 e. The summed E-state index contributed by atoms with van der Waals surface area (Å²) in [7, 11) is 4.77. The summed E-state index contributed by atoms with van der Waals surface area (Å²) in [6, 6.07) is 4.44. The molecule has 1 saturated heterocycles. The third-order valence-corrected chi connectivity index (χ3v) is 7.55. The Bertz CT molecular complexity index is 931. The molecule has 1 aromatic heterocycles. The first kappa shape index (κ1) is 21.9. The number of aryl methyl sites for hydroxylation is 1. The van der Waals surface area contributed by atoms with E-state index in [1.807, 2.05) is 24.0 Å². The van der Waals surface area contributed by atoms with Crippen molar-refractivity contribution in [3.05, 3.63) is 22.7 Å². The SMILES string of the molecule is COc1ccc(-c2nc(C)c(C(=O)N3CCN(C4CCCC4)CC3)s2)c(OC)c1OC. The molecule has 0 bridgehead atoms. The van der Waals surface area contributed by atoms with Crippen LogP contribution in [-0.2, 0) is 0 Å². The van der Waals surface area contributed by atoms with Crippen molar-refractivity contribution < 1.29 is 19.0 Å². The molecule has 0 radical (unpaired) electrons. The Hall–Kier alpha value is -2.32. The summed E-state index contributed by atoms with van der Waals surface area (Å²) in [5.74, 6) is 1.74. The van der Waals surface area contributed by atoms with Gasteiger partial charge in [-0.15, -0.1) is 11.3 Å². The number of piperazine rings is 1. The van der Waals surface area contributed by atoms with Crippen molar-refractivity contribution in [2.75, 3.05) is 47.5 Å². The van der Waals surface area contributed by atoms with Gasteiger partial charge in [-0.3, -0.25) is 9.69 Å². The second-order valence-corrected chi connectivity index (χ2v) is 9.08. The van der Waals surface area contributed by atoms with Crippen molar-refractivity contribution in [3.8, 4) is 27.8 Å². The molecule has 0 unspecified atom stereocenters. The third kappa shape index (κ3) is 4.23. The van der Waals surface area contributed by atoms with Crippen LogP contribution in [0.4, 0.5) is 0 Å². The van der Waals surface area contributed by atoms with Gasteiger partial charge in [-0.1, -0.05) is 12.8 Å². The lowest BCUT2D eigenvalue weighted by molar-refractivity contribution is 0.0577. The lowest BCUT2D eigenvalue weighted by atomic mass is 10.1. The molecule has 1 amide bonds. The standard InChI is InChI=1S/C23H31N3O4S/c1-15-21(23(27)26-13-11-25(12-14-26)16-7-5-6-8-16)31-22(24-15)17-9-10-18(28-2)20(30-4)19(17)29-3/h9-10,16H,5-8,11-14H2,1-4H3. The molecule has 4 rings (SSSR count). The molecule has 1 saturated carbocycles. The van der Waals surface area contributed by atoms with E-state index >= 15 is 0 Å². The molecular weight excluding hydrogens is 414 g/mol. The van der Waals surface area contributed by atoms with Crippen molar-refractivity contribution in [2.45, 2.75) is 38.6 Å². The van der Waals surface area contributed by atoms with Crippen LogP contribution in [0.1, 0.15) is 41.0 Å². The fourth-order valence-electron chi connectivity index (χ4n) is 4.68. The number of carbonyl (C=O) groups excluding carboxylic acids is 1. The van der Waals surface area contributed by atoms with Gasteiger partial charge in [0.05, 0.1) is 32.6 Å². The van der Waals surface area contributed by atoms with E-state index in [1.165, 1.54) is 37.0 Å². The molecule has 31 heavy (non-hydrogen) atoms. The van der Waals surface area contributed by atoms with E-state index in [0.29, 0.717) is 28.2 Å². The molecule has 2 heterocycles. The molecule has 2 aliphatic rings. The van der Waals surface area contributed by atoms with E-state index < -0.39 is 0 Å². The third-order valence-electron chi connectivity index (χ3n) is 6.37. The van der Waals surface area contributed by atoms with Gasteiger partial charge in [0.15, 0.2) is 11.5 Å². The Kier molecular flexibility index (Phi) is 6.67. The van der Waals surface area contributed by atoms with Crippen molar-refractivity contribution in [1.29, 1.82) is 0 Å². The zero-order valence-electron chi connectivity index (χ0n) is 18.8. The summed E-state index contributed by atoms with van der Waals surface area (Å²) in [5, 5.41) is 0.739. The topological polar surface area (TPSA) is 64.1 Å². The molecule has 1 aromatic carbocycles. The Morgan fingerprint density at radius 3 is 2.29 bits per heavy atom. The summed E-state index contributed by atoms with van der Waals surface area (Å²) in [6.07, 6.45) is 5.29. The van der Waals surface area contributed by atoms with Crippen LogP contribution >= 0.6 is 11.3 Å². The summed E-state index contributed by atoms with van der Waals surface area (Å²) in [6.45, 7) is 5.38. The number of methoxy groups -OCH3 is 3. The molecule has 8 heteroatoms. The highest BCUT2D eigenvalue weighted by Crippen LogP contribution is 2.45. The molecule has 0 N–H and O–H groups in total. The maximum absolute atomic E-state index is 13.3. The highest BCUT2D eigenvalue weighted by molar-refractivity contribution is 7.17. The molecular formula is C23H31N3O4S. The fraction of sp³-hybridized carbons (Fsp3) is 0.565. The Balaban J connectivity index is 1.54.